The second-order valence-corrected chi connectivity index (χ2v) is 3.51. The first-order valence-electron chi connectivity index (χ1n) is 3.99. The van der Waals surface area contributed by atoms with Crippen molar-refractivity contribution in [3.05, 3.63) is 34.7 Å². The Morgan fingerprint density at radius 2 is 2.33 bits per heavy atom. The number of pyridine rings is 1. The molecule has 0 aromatic carbocycles. The van der Waals surface area contributed by atoms with Crippen LogP contribution in [-0.2, 0) is 0 Å². The van der Waals surface area contributed by atoms with Crippen molar-refractivity contribution in [3.63, 3.8) is 0 Å². The van der Waals surface area contributed by atoms with Gasteiger partial charge in [-0.05, 0) is 28.1 Å². The van der Waals surface area contributed by atoms with Crippen LogP contribution in [-0.4, -0.2) is 21.2 Å². The lowest BCUT2D eigenvalue weighted by molar-refractivity contribution is 0.0685. The molecule has 2 aromatic rings. The zero-order chi connectivity index (χ0) is 10.8. The molecule has 0 fully saturated rings. The van der Waals surface area contributed by atoms with Crippen LogP contribution in [0, 0.1) is 0 Å². The fourth-order valence-electron chi connectivity index (χ4n) is 1.09. The topological polar surface area (TPSA) is 76.2 Å². The van der Waals surface area contributed by atoms with Crippen LogP contribution in [0.15, 0.2) is 33.5 Å². The van der Waals surface area contributed by atoms with Gasteiger partial charge in [-0.2, -0.15) is 0 Å². The predicted octanol–water partition coefficient (Wildman–Crippen LogP) is 2.20. The molecule has 0 atom stereocenters. The Kier molecular flexibility index (Phi) is 2.51. The van der Waals surface area contributed by atoms with Gasteiger partial charge in [0.05, 0.1) is 0 Å². The van der Waals surface area contributed by atoms with Gasteiger partial charge in [0.1, 0.15) is 4.47 Å². The lowest BCUT2D eigenvalue weighted by Gasteiger charge is -1.93. The molecule has 76 valence electrons. The summed E-state index contributed by atoms with van der Waals surface area (Å²) in [5, 5.41) is 12.2. The van der Waals surface area contributed by atoms with Crippen LogP contribution in [0.2, 0.25) is 0 Å². The summed E-state index contributed by atoms with van der Waals surface area (Å²) in [4.78, 5) is 14.6. The fraction of sp³-hybridized carbons (Fsp3) is 0. The highest BCUT2D eigenvalue weighted by molar-refractivity contribution is 9.10. The van der Waals surface area contributed by atoms with E-state index in [4.69, 9.17) is 9.63 Å². The number of carboxylic acids is 1. The maximum absolute atomic E-state index is 10.7. The molecule has 6 heteroatoms. The Labute approximate surface area is 92.9 Å². The Morgan fingerprint density at radius 3 is 2.87 bits per heavy atom. The van der Waals surface area contributed by atoms with Gasteiger partial charge in [0, 0.05) is 18.0 Å². The maximum atomic E-state index is 10.7. The molecule has 0 aliphatic heterocycles. The SMILES string of the molecule is O=C(O)c1noc(-c2cccnc2)c1Br. The largest absolute Gasteiger partial charge is 0.476 e. The van der Waals surface area contributed by atoms with E-state index in [1.54, 1.807) is 24.5 Å². The third-order valence-corrected chi connectivity index (χ3v) is 2.50. The van der Waals surface area contributed by atoms with E-state index < -0.39 is 5.97 Å². The maximum Gasteiger partial charge on any atom is 0.359 e. The molecule has 15 heavy (non-hydrogen) atoms. The number of halogens is 1. The molecule has 0 unspecified atom stereocenters. The monoisotopic (exact) mass is 268 g/mol. The molecule has 2 rings (SSSR count). The van der Waals surface area contributed by atoms with Crippen molar-refractivity contribution < 1.29 is 14.4 Å². The van der Waals surface area contributed by atoms with Crippen LogP contribution in [0.1, 0.15) is 10.5 Å². The molecular weight excluding hydrogens is 264 g/mol. The van der Waals surface area contributed by atoms with E-state index in [1.165, 1.54) is 0 Å². The fourth-order valence-corrected chi connectivity index (χ4v) is 1.63. The van der Waals surface area contributed by atoms with Gasteiger partial charge in [-0.3, -0.25) is 4.98 Å². The Morgan fingerprint density at radius 1 is 1.53 bits per heavy atom. The molecule has 0 aliphatic rings. The van der Waals surface area contributed by atoms with E-state index in [9.17, 15) is 4.79 Å². The number of rotatable bonds is 2. The third-order valence-electron chi connectivity index (χ3n) is 1.76. The zero-order valence-electron chi connectivity index (χ0n) is 7.35. The van der Waals surface area contributed by atoms with Crippen molar-refractivity contribution >= 4 is 21.9 Å². The summed E-state index contributed by atoms with van der Waals surface area (Å²) in [5.41, 5.74) is 0.526. The number of carboxylic acid groups (broad SMARTS) is 1. The molecule has 0 saturated carbocycles. The van der Waals surface area contributed by atoms with Crippen molar-refractivity contribution in [2.75, 3.05) is 0 Å². The minimum absolute atomic E-state index is 0.145. The van der Waals surface area contributed by atoms with Gasteiger partial charge >= 0.3 is 5.97 Å². The highest BCUT2D eigenvalue weighted by Gasteiger charge is 2.20. The van der Waals surface area contributed by atoms with Gasteiger partial charge < -0.3 is 9.63 Å². The Hall–Kier alpha value is -1.69. The smallest absolute Gasteiger partial charge is 0.359 e. The predicted molar refractivity (Wildman–Crippen MR) is 54.4 cm³/mol. The van der Waals surface area contributed by atoms with Crippen molar-refractivity contribution in [1.82, 2.24) is 10.1 Å². The quantitative estimate of drug-likeness (QED) is 0.904. The molecule has 0 radical (unpaired) electrons. The Balaban J connectivity index is 2.52. The highest BCUT2D eigenvalue weighted by atomic mass is 79.9. The molecule has 2 aromatic heterocycles. The van der Waals surface area contributed by atoms with Crippen molar-refractivity contribution in [3.8, 4) is 11.3 Å². The first kappa shape index (κ1) is 9.85. The second kappa shape index (κ2) is 3.82. The van der Waals surface area contributed by atoms with E-state index in [-0.39, 0.29) is 5.69 Å². The second-order valence-electron chi connectivity index (χ2n) is 2.72. The van der Waals surface area contributed by atoms with Crippen LogP contribution in [0.5, 0.6) is 0 Å². The van der Waals surface area contributed by atoms with E-state index in [1.807, 2.05) is 0 Å². The molecule has 5 nitrogen and oxygen atoms in total. The zero-order valence-corrected chi connectivity index (χ0v) is 8.93. The van der Waals surface area contributed by atoms with Crippen LogP contribution < -0.4 is 0 Å². The van der Waals surface area contributed by atoms with Crippen molar-refractivity contribution in [2.24, 2.45) is 0 Å². The first-order valence-corrected chi connectivity index (χ1v) is 4.78. The van der Waals surface area contributed by atoms with Gasteiger partial charge in [0.15, 0.2) is 5.76 Å². The molecule has 0 saturated heterocycles. The van der Waals surface area contributed by atoms with Crippen molar-refractivity contribution in [2.45, 2.75) is 0 Å². The molecule has 2 heterocycles. The molecule has 0 aliphatic carbocycles. The minimum atomic E-state index is -1.14. The minimum Gasteiger partial charge on any atom is -0.476 e. The average molecular weight is 269 g/mol. The molecule has 0 spiro atoms. The van der Waals surface area contributed by atoms with Gasteiger partial charge in [-0.1, -0.05) is 5.16 Å². The number of aromatic nitrogens is 2. The van der Waals surface area contributed by atoms with Crippen LogP contribution in [0.25, 0.3) is 11.3 Å². The summed E-state index contributed by atoms with van der Waals surface area (Å²) in [6.45, 7) is 0. The van der Waals surface area contributed by atoms with E-state index in [2.05, 4.69) is 26.1 Å². The number of nitrogens with zero attached hydrogens (tertiary/aromatic N) is 2. The average Bonchev–Trinajstić information content (AvgIpc) is 2.61. The van der Waals surface area contributed by atoms with Gasteiger partial charge in [0.2, 0.25) is 5.69 Å². The lowest BCUT2D eigenvalue weighted by atomic mass is 10.2. The van der Waals surface area contributed by atoms with Gasteiger partial charge in [0.25, 0.3) is 0 Å². The summed E-state index contributed by atoms with van der Waals surface area (Å²) in [6.07, 6.45) is 3.18. The summed E-state index contributed by atoms with van der Waals surface area (Å²) in [7, 11) is 0. The number of hydrogen-bond acceptors (Lipinski definition) is 4. The van der Waals surface area contributed by atoms with Crippen molar-refractivity contribution in [1.29, 1.82) is 0 Å². The van der Waals surface area contributed by atoms with Crippen LogP contribution in [0.4, 0.5) is 0 Å². The first-order chi connectivity index (χ1) is 7.20. The van der Waals surface area contributed by atoms with Crippen LogP contribution >= 0.6 is 15.9 Å². The van der Waals surface area contributed by atoms with Crippen LogP contribution in [0.3, 0.4) is 0 Å². The third kappa shape index (κ3) is 1.75. The molecule has 0 amide bonds. The van der Waals surface area contributed by atoms with E-state index in [0.717, 1.165) is 0 Å². The standard InChI is InChI=1S/C9H5BrN2O3/c10-6-7(9(13)14)12-15-8(6)5-2-1-3-11-4-5/h1-4H,(H,13,14). The summed E-state index contributed by atoms with van der Waals surface area (Å²) < 4.78 is 5.25. The summed E-state index contributed by atoms with van der Waals surface area (Å²) in [5.74, 6) is -0.777. The summed E-state index contributed by atoms with van der Waals surface area (Å²) in [6, 6.07) is 3.48. The molecule has 0 bridgehead atoms. The summed E-state index contributed by atoms with van der Waals surface area (Å²) >= 11 is 3.12. The molecule has 1 N–H and O–H groups in total. The highest BCUT2D eigenvalue weighted by Crippen LogP contribution is 2.30. The van der Waals surface area contributed by atoms with E-state index in [0.29, 0.717) is 15.8 Å². The normalized spacial score (nSPS) is 10.2. The number of aromatic carboxylic acids is 1. The number of carbonyl (C=O) groups is 1. The number of hydrogen-bond donors (Lipinski definition) is 1. The lowest BCUT2D eigenvalue weighted by Crippen LogP contribution is -1.96. The van der Waals surface area contributed by atoms with E-state index >= 15 is 0 Å². The Bertz CT molecular complexity index is 495. The van der Waals surface area contributed by atoms with Gasteiger partial charge in [-0.25, -0.2) is 4.79 Å². The molecular formula is C9H5BrN2O3. The van der Waals surface area contributed by atoms with Gasteiger partial charge in [-0.15, -0.1) is 0 Å².